The molecule has 1 N–H and O–H groups in total. The molecular formula is C25H20Cl2N2O3S. The summed E-state index contributed by atoms with van der Waals surface area (Å²) in [5, 5.41) is 4.27. The van der Waals surface area contributed by atoms with E-state index in [0.717, 1.165) is 5.56 Å². The van der Waals surface area contributed by atoms with Crippen LogP contribution in [0.2, 0.25) is 10.0 Å². The standard InChI is InChI=1S/C25H20Cl2N2O3S/c1-14-3-12-20-19(13-14)24(30)29(21(23(33)28-20)15-4-8-17(26)9-5-15)22(25(31)32-2)16-6-10-18(27)11-7-16/h3-13,21-22H,1-2H3,(H,28,33). The topological polar surface area (TPSA) is 58.6 Å². The van der Waals surface area contributed by atoms with Crippen LogP contribution >= 0.6 is 35.4 Å². The maximum absolute atomic E-state index is 14.1. The molecule has 4 rings (SSSR count). The number of aryl methyl sites for hydroxylation is 1. The lowest BCUT2D eigenvalue weighted by molar-refractivity contribution is -0.146. The van der Waals surface area contributed by atoms with Gasteiger partial charge in [0.15, 0.2) is 6.04 Å². The first kappa shape index (κ1) is 23.2. The van der Waals surface area contributed by atoms with E-state index in [2.05, 4.69) is 5.32 Å². The van der Waals surface area contributed by atoms with Crippen molar-refractivity contribution in [1.82, 2.24) is 4.90 Å². The number of carbonyl (C=O) groups is 2. The third-order valence-corrected chi connectivity index (χ3v) is 6.33. The number of methoxy groups -OCH3 is 1. The van der Waals surface area contributed by atoms with Crippen molar-refractivity contribution in [3.63, 3.8) is 0 Å². The summed E-state index contributed by atoms with van der Waals surface area (Å²) in [6.45, 7) is 1.90. The largest absolute Gasteiger partial charge is 0.467 e. The molecule has 0 saturated heterocycles. The number of ether oxygens (including phenoxy) is 1. The SMILES string of the molecule is COC(=O)C(c1ccc(Cl)cc1)N1C(=O)c2cc(C)ccc2NC(=S)C1c1ccc(Cl)cc1. The highest BCUT2D eigenvalue weighted by molar-refractivity contribution is 7.80. The van der Waals surface area contributed by atoms with E-state index in [0.29, 0.717) is 37.4 Å². The quantitative estimate of drug-likeness (QED) is 0.345. The molecule has 0 bridgehead atoms. The van der Waals surface area contributed by atoms with Crippen LogP contribution in [-0.4, -0.2) is 28.9 Å². The fourth-order valence-electron chi connectivity index (χ4n) is 3.92. The summed E-state index contributed by atoms with van der Waals surface area (Å²) < 4.78 is 5.14. The van der Waals surface area contributed by atoms with Gasteiger partial charge in [0.2, 0.25) is 0 Å². The number of esters is 1. The van der Waals surface area contributed by atoms with Crippen molar-refractivity contribution in [2.45, 2.75) is 19.0 Å². The molecule has 168 valence electrons. The van der Waals surface area contributed by atoms with Crippen LogP contribution in [0.4, 0.5) is 5.69 Å². The van der Waals surface area contributed by atoms with Gasteiger partial charge in [-0.2, -0.15) is 0 Å². The number of carbonyl (C=O) groups excluding carboxylic acids is 2. The Balaban J connectivity index is 1.97. The molecule has 1 aliphatic heterocycles. The van der Waals surface area contributed by atoms with Gasteiger partial charge in [-0.25, -0.2) is 4.79 Å². The lowest BCUT2D eigenvalue weighted by Crippen LogP contribution is -2.44. The molecule has 0 aliphatic carbocycles. The first-order valence-corrected chi connectivity index (χ1v) is 11.3. The second kappa shape index (κ2) is 9.51. The van der Waals surface area contributed by atoms with Gasteiger partial charge in [0.25, 0.3) is 5.91 Å². The van der Waals surface area contributed by atoms with Gasteiger partial charge in [-0.3, -0.25) is 4.79 Å². The molecule has 0 saturated carbocycles. The Hall–Kier alpha value is -2.93. The van der Waals surface area contributed by atoms with Crippen LogP contribution in [0, 0.1) is 6.92 Å². The number of benzene rings is 3. The monoisotopic (exact) mass is 498 g/mol. The average molecular weight is 499 g/mol. The Labute approximate surface area is 207 Å². The first-order chi connectivity index (χ1) is 15.8. The molecule has 1 aliphatic rings. The predicted octanol–water partition coefficient (Wildman–Crippen LogP) is 6.15. The van der Waals surface area contributed by atoms with Crippen molar-refractivity contribution in [3.05, 3.63) is 99.0 Å². The van der Waals surface area contributed by atoms with Crippen LogP contribution in [-0.2, 0) is 9.53 Å². The van der Waals surface area contributed by atoms with Crippen LogP contribution in [0.3, 0.4) is 0 Å². The van der Waals surface area contributed by atoms with Crippen LogP contribution < -0.4 is 5.32 Å². The Bertz CT molecular complexity index is 1180. The molecule has 0 spiro atoms. The molecule has 1 heterocycles. The summed E-state index contributed by atoms with van der Waals surface area (Å²) in [6.07, 6.45) is 0. The summed E-state index contributed by atoms with van der Waals surface area (Å²) in [5.41, 5.74) is 3.16. The van der Waals surface area contributed by atoms with E-state index >= 15 is 0 Å². The molecule has 0 fully saturated rings. The van der Waals surface area contributed by atoms with Gasteiger partial charge in [-0.15, -0.1) is 0 Å². The van der Waals surface area contributed by atoms with Crippen LogP contribution in [0.25, 0.3) is 0 Å². The Morgan fingerprint density at radius 2 is 1.64 bits per heavy atom. The molecule has 1 amide bonds. The summed E-state index contributed by atoms with van der Waals surface area (Å²) in [4.78, 5) is 29.0. The van der Waals surface area contributed by atoms with E-state index in [1.54, 1.807) is 54.6 Å². The summed E-state index contributed by atoms with van der Waals surface area (Å²) in [5.74, 6) is -0.949. The lowest BCUT2D eigenvalue weighted by Gasteiger charge is -2.36. The second-order valence-corrected chi connectivity index (χ2v) is 8.99. The normalized spacial score (nSPS) is 16.5. The molecule has 3 aromatic carbocycles. The number of fused-ring (bicyclic) bond motifs is 1. The first-order valence-electron chi connectivity index (χ1n) is 10.1. The number of thiocarbonyl (C=S) groups is 1. The molecule has 2 unspecified atom stereocenters. The van der Waals surface area contributed by atoms with E-state index in [9.17, 15) is 9.59 Å². The van der Waals surface area contributed by atoms with E-state index in [4.69, 9.17) is 40.2 Å². The van der Waals surface area contributed by atoms with Gasteiger partial charge in [0, 0.05) is 10.0 Å². The number of rotatable bonds is 4. The predicted molar refractivity (Wildman–Crippen MR) is 134 cm³/mol. The fourth-order valence-corrected chi connectivity index (χ4v) is 4.53. The average Bonchev–Trinajstić information content (AvgIpc) is 2.90. The zero-order valence-electron chi connectivity index (χ0n) is 17.8. The second-order valence-electron chi connectivity index (χ2n) is 7.68. The Morgan fingerprint density at radius 1 is 1.03 bits per heavy atom. The minimum absolute atomic E-state index is 0.355. The molecule has 8 heteroatoms. The summed E-state index contributed by atoms with van der Waals surface area (Å²) in [6, 6.07) is 17.4. The van der Waals surface area contributed by atoms with Crippen LogP contribution in [0.15, 0.2) is 66.7 Å². The third-order valence-electron chi connectivity index (χ3n) is 5.50. The highest BCUT2D eigenvalue weighted by Crippen LogP contribution is 2.39. The Morgan fingerprint density at radius 3 is 2.24 bits per heavy atom. The van der Waals surface area contributed by atoms with Crippen LogP contribution in [0.1, 0.15) is 39.1 Å². The minimum Gasteiger partial charge on any atom is -0.467 e. The maximum Gasteiger partial charge on any atom is 0.333 e. The Kier molecular flexibility index (Phi) is 6.70. The number of nitrogens with zero attached hydrogens (tertiary/aromatic N) is 1. The minimum atomic E-state index is -1.06. The number of hydrogen-bond acceptors (Lipinski definition) is 4. The van der Waals surface area contributed by atoms with Gasteiger partial charge < -0.3 is 15.0 Å². The van der Waals surface area contributed by atoms with Gasteiger partial charge in [0.1, 0.15) is 11.0 Å². The number of halogens is 2. The maximum atomic E-state index is 14.1. The van der Waals surface area contributed by atoms with Gasteiger partial charge >= 0.3 is 5.97 Å². The van der Waals surface area contributed by atoms with Crippen molar-refractivity contribution in [3.8, 4) is 0 Å². The van der Waals surface area contributed by atoms with E-state index in [1.807, 2.05) is 19.1 Å². The van der Waals surface area contributed by atoms with Gasteiger partial charge in [-0.05, 0) is 54.4 Å². The summed E-state index contributed by atoms with van der Waals surface area (Å²) in [7, 11) is 1.29. The van der Waals surface area contributed by atoms with Crippen LogP contribution in [0.5, 0.6) is 0 Å². The third kappa shape index (κ3) is 4.60. The highest BCUT2D eigenvalue weighted by Gasteiger charge is 2.42. The van der Waals surface area contributed by atoms with Gasteiger partial charge in [-0.1, -0.05) is 71.3 Å². The van der Waals surface area contributed by atoms with Crippen molar-refractivity contribution in [1.29, 1.82) is 0 Å². The molecule has 5 nitrogen and oxygen atoms in total. The zero-order valence-corrected chi connectivity index (χ0v) is 20.2. The smallest absolute Gasteiger partial charge is 0.333 e. The highest BCUT2D eigenvalue weighted by atomic mass is 35.5. The molecule has 0 aromatic heterocycles. The van der Waals surface area contributed by atoms with E-state index in [1.165, 1.54) is 12.0 Å². The number of anilines is 1. The van der Waals surface area contributed by atoms with Crippen molar-refractivity contribution >= 4 is 58.0 Å². The van der Waals surface area contributed by atoms with E-state index in [-0.39, 0.29) is 5.91 Å². The van der Waals surface area contributed by atoms with Crippen molar-refractivity contribution in [2.24, 2.45) is 0 Å². The number of nitrogens with one attached hydrogen (secondary N) is 1. The van der Waals surface area contributed by atoms with Crippen molar-refractivity contribution in [2.75, 3.05) is 12.4 Å². The molecule has 3 aromatic rings. The van der Waals surface area contributed by atoms with E-state index < -0.39 is 18.1 Å². The molecular weight excluding hydrogens is 479 g/mol. The van der Waals surface area contributed by atoms with Crippen molar-refractivity contribution < 1.29 is 14.3 Å². The molecule has 33 heavy (non-hydrogen) atoms. The fraction of sp³-hybridized carbons (Fsp3) is 0.160. The molecule has 2 atom stereocenters. The zero-order chi connectivity index (χ0) is 23.7. The van der Waals surface area contributed by atoms with Gasteiger partial charge in [0.05, 0.1) is 18.4 Å². The molecule has 0 radical (unpaired) electrons. The lowest BCUT2D eigenvalue weighted by atomic mass is 9.98. The number of hydrogen-bond donors (Lipinski definition) is 1. The summed E-state index contributed by atoms with van der Waals surface area (Å²) >= 11 is 18.0. The number of amides is 1.